The number of nitrogens with zero attached hydrogens (tertiary/aromatic N) is 1. The molecule has 7 nitrogen and oxygen atoms in total. The van der Waals surface area contributed by atoms with Crippen LogP contribution >= 0.6 is 0 Å². The molecule has 0 spiro atoms. The normalized spacial score (nSPS) is 20.5. The first kappa shape index (κ1) is 24.3. The Morgan fingerprint density at radius 3 is 2.36 bits per heavy atom. The van der Waals surface area contributed by atoms with Crippen molar-refractivity contribution in [3.63, 3.8) is 0 Å². The largest absolute Gasteiger partial charge is 0.378 e. The van der Waals surface area contributed by atoms with E-state index in [1.165, 1.54) is 6.92 Å². The molecule has 2 aromatic carbocycles. The molecule has 0 aromatic heterocycles. The Bertz CT molecular complexity index is 998. The number of amides is 3. The van der Waals surface area contributed by atoms with E-state index in [9.17, 15) is 28.3 Å². The van der Waals surface area contributed by atoms with Crippen LogP contribution in [0.1, 0.15) is 42.9 Å². The van der Waals surface area contributed by atoms with Crippen LogP contribution in [0.25, 0.3) is 0 Å². The standard InChI is InChI=1S/C24H27F2N3O4/c1-14(27-23(32)21(30)16-11-17(25)13-18(26)12-16)22(31)28-20-19(15-7-4-3-5-8-15)9-6-10-29(2)24(20)33/h3-5,7-8,11-14,19-21,30H,6,9-10H2,1-2H3,(H,27,32)(H,28,31)/t14-,19+,20-,21+/m0/s1. The number of rotatable bonds is 6. The summed E-state index contributed by atoms with van der Waals surface area (Å²) < 4.78 is 26.8. The second-order valence-corrected chi connectivity index (χ2v) is 8.24. The van der Waals surface area contributed by atoms with Gasteiger partial charge in [-0.1, -0.05) is 30.3 Å². The van der Waals surface area contributed by atoms with Crippen molar-refractivity contribution in [2.45, 2.75) is 43.9 Å². The predicted molar refractivity (Wildman–Crippen MR) is 117 cm³/mol. The molecule has 33 heavy (non-hydrogen) atoms. The fourth-order valence-electron chi connectivity index (χ4n) is 3.98. The van der Waals surface area contributed by atoms with Crippen LogP contribution in [0, 0.1) is 11.6 Å². The van der Waals surface area contributed by atoms with Gasteiger partial charge >= 0.3 is 0 Å². The highest BCUT2D eigenvalue weighted by molar-refractivity contribution is 5.93. The minimum Gasteiger partial charge on any atom is -0.378 e. The molecule has 1 saturated heterocycles. The molecule has 1 aliphatic heterocycles. The minimum absolute atomic E-state index is 0.233. The van der Waals surface area contributed by atoms with Crippen molar-refractivity contribution in [3.8, 4) is 0 Å². The Kier molecular flexibility index (Phi) is 7.75. The quantitative estimate of drug-likeness (QED) is 0.616. The molecule has 4 atom stereocenters. The summed E-state index contributed by atoms with van der Waals surface area (Å²) in [5.41, 5.74) is 0.647. The van der Waals surface area contributed by atoms with Crippen molar-refractivity contribution >= 4 is 17.7 Å². The third kappa shape index (κ3) is 5.92. The third-order valence-electron chi connectivity index (χ3n) is 5.78. The van der Waals surface area contributed by atoms with E-state index in [1.54, 1.807) is 11.9 Å². The molecule has 0 bridgehead atoms. The SMILES string of the molecule is C[C@H](NC(=O)[C@H](O)c1cc(F)cc(F)c1)C(=O)N[C@@H]1C(=O)N(C)CCC[C@@H]1c1ccccc1. The summed E-state index contributed by atoms with van der Waals surface area (Å²) in [6.07, 6.45) is -0.403. The smallest absolute Gasteiger partial charge is 0.254 e. The summed E-state index contributed by atoms with van der Waals surface area (Å²) in [4.78, 5) is 39.8. The lowest BCUT2D eigenvalue weighted by Crippen LogP contribution is -2.54. The number of hydrogen-bond donors (Lipinski definition) is 3. The summed E-state index contributed by atoms with van der Waals surface area (Å²) in [5.74, 6) is -3.96. The van der Waals surface area contributed by atoms with Gasteiger partial charge in [0, 0.05) is 25.6 Å². The van der Waals surface area contributed by atoms with E-state index >= 15 is 0 Å². The van der Waals surface area contributed by atoms with Crippen LogP contribution in [0.5, 0.6) is 0 Å². The number of benzene rings is 2. The van der Waals surface area contributed by atoms with Gasteiger partial charge in [-0.2, -0.15) is 0 Å². The van der Waals surface area contributed by atoms with Crippen molar-refractivity contribution < 1.29 is 28.3 Å². The molecule has 0 saturated carbocycles. The highest BCUT2D eigenvalue weighted by atomic mass is 19.1. The second-order valence-electron chi connectivity index (χ2n) is 8.24. The summed E-state index contributed by atoms with van der Waals surface area (Å²) in [6, 6.07) is 9.77. The number of aliphatic hydroxyl groups is 1. The first-order valence-corrected chi connectivity index (χ1v) is 10.7. The molecule has 3 N–H and O–H groups in total. The maximum atomic E-state index is 13.4. The zero-order chi connectivity index (χ0) is 24.1. The fourth-order valence-corrected chi connectivity index (χ4v) is 3.98. The number of halogens is 2. The second kappa shape index (κ2) is 10.5. The monoisotopic (exact) mass is 459 g/mol. The Balaban J connectivity index is 1.71. The van der Waals surface area contributed by atoms with Crippen LogP contribution < -0.4 is 10.6 Å². The number of carbonyl (C=O) groups is 3. The molecule has 2 aromatic rings. The van der Waals surface area contributed by atoms with Gasteiger partial charge in [0.2, 0.25) is 11.8 Å². The molecular formula is C24H27F2N3O4. The van der Waals surface area contributed by atoms with Crippen LogP contribution in [0.3, 0.4) is 0 Å². The van der Waals surface area contributed by atoms with Gasteiger partial charge in [-0.15, -0.1) is 0 Å². The lowest BCUT2D eigenvalue weighted by atomic mass is 9.87. The molecule has 0 aliphatic carbocycles. The van der Waals surface area contributed by atoms with E-state index in [-0.39, 0.29) is 17.4 Å². The van der Waals surface area contributed by atoms with E-state index in [0.717, 1.165) is 24.1 Å². The minimum atomic E-state index is -1.87. The van der Waals surface area contributed by atoms with Crippen molar-refractivity contribution in [2.24, 2.45) is 0 Å². The molecule has 0 unspecified atom stereocenters. The van der Waals surface area contributed by atoms with Crippen LogP contribution in [0.4, 0.5) is 8.78 Å². The average molecular weight is 459 g/mol. The van der Waals surface area contributed by atoms with E-state index in [0.29, 0.717) is 19.0 Å². The number of hydrogen-bond acceptors (Lipinski definition) is 4. The predicted octanol–water partition coefficient (Wildman–Crippen LogP) is 2.02. The van der Waals surface area contributed by atoms with Gasteiger partial charge in [-0.05, 0) is 43.0 Å². The van der Waals surface area contributed by atoms with Gasteiger partial charge in [-0.3, -0.25) is 14.4 Å². The molecule has 0 radical (unpaired) electrons. The van der Waals surface area contributed by atoms with Gasteiger partial charge in [-0.25, -0.2) is 8.78 Å². The summed E-state index contributed by atoms with van der Waals surface area (Å²) in [5, 5.41) is 15.2. The van der Waals surface area contributed by atoms with Crippen molar-refractivity contribution in [1.82, 2.24) is 15.5 Å². The summed E-state index contributed by atoms with van der Waals surface area (Å²) >= 11 is 0. The van der Waals surface area contributed by atoms with Crippen molar-refractivity contribution in [3.05, 3.63) is 71.3 Å². The fraction of sp³-hybridized carbons (Fsp3) is 0.375. The zero-order valence-electron chi connectivity index (χ0n) is 18.4. The molecule has 1 aliphatic rings. The molecule has 3 rings (SSSR count). The molecule has 3 amide bonds. The van der Waals surface area contributed by atoms with Crippen LogP contribution in [0.2, 0.25) is 0 Å². The zero-order valence-corrected chi connectivity index (χ0v) is 18.4. The number of likely N-dealkylation sites (N-methyl/N-ethyl adjacent to an activating group) is 1. The van der Waals surface area contributed by atoms with E-state index < -0.39 is 41.6 Å². The van der Waals surface area contributed by atoms with E-state index in [4.69, 9.17) is 0 Å². The first-order chi connectivity index (χ1) is 15.7. The molecule has 1 fully saturated rings. The summed E-state index contributed by atoms with van der Waals surface area (Å²) in [7, 11) is 1.68. The molecule has 9 heteroatoms. The van der Waals surface area contributed by atoms with Gasteiger partial charge in [0.25, 0.3) is 5.91 Å². The van der Waals surface area contributed by atoms with Gasteiger partial charge in [0.1, 0.15) is 23.7 Å². The maximum Gasteiger partial charge on any atom is 0.254 e. The molecule has 1 heterocycles. The number of carbonyl (C=O) groups excluding carboxylic acids is 3. The number of likely N-dealkylation sites (tertiary alicyclic amines) is 1. The Morgan fingerprint density at radius 2 is 1.73 bits per heavy atom. The van der Waals surface area contributed by atoms with Crippen molar-refractivity contribution in [1.29, 1.82) is 0 Å². The van der Waals surface area contributed by atoms with Crippen LogP contribution in [-0.4, -0.2) is 53.4 Å². The lowest BCUT2D eigenvalue weighted by Gasteiger charge is -2.28. The van der Waals surface area contributed by atoms with Crippen molar-refractivity contribution in [2.75, 3.05) is 13.6 Å². The van der Waals surface area contributed by atoms with E-state index in [2.05, 4.69) is 10.6 Å². The number of aliphatic hydroxyl groups excluding tert-OH is 1. The first-order valence-electron chi connectivity index (χ1n) is 10.7. The lowest BCUT2D eigenvalue weighted by molar-refractivity contribution is -0.137. The van der Waals surface area contributed by atoms with E-state index in [1.807, 2.05) is 30.3 Å². The highest BCUT2D eigenvalue weighted by Crippen LogP contribution is 2.29. The van der Waals surface area contributed by atoms with Crippen LogP contribution in [-0.2, 0) is 14.4 Å². The average Bonchev–Trinajstić information content (AvgIpc) is 2.92. The Hall–Kier alpha value is -3.33. The third-order valence-corrected chi connectivity index (χ3v) is 5.78. The highest BCUT2D eigenvalue weighted by Gasteiger charge is 2.36. The molecule has 176 valence electrons. The van der Waals surface area contributed by atoms with Gasteiger partial charge < -0.3 is 20.6 Å². The van der Waals surface area contributed by atoms with Gasteiger partial charge in [0.15, 0.2) is 6.10 Å². The topological polar surface area (TPSA) is 98.7 Å². The van der Waals surface area contributed by atoms with Crippen LogP contribution in [0.15, 0.2) is 48.5 Å². The maximum absolute atomic E-state index is 13.4. The number of nitrogens with one attached hydrogen (secondary N) is 2. The van der Waals surface area contributed by atoms with Gasteiger partial charge in [0.05, 0.1) is 0 Å². The molecular weight excluding hydrogens is 432 g/mol. The summed E-state index contributed by atoms with van der Waals surface area (Å²) in [6.45, 7) is 1.96. The Labute approximate surface area is 190 Å². The Morgan fingerprint density at radius 1 is 1.09 bits per heavy atom.